The monoisotopic (exact) mass is 418 g/mol. The average molecular weight is 419 g/mol. The van der Waals surface area contributed by atoms with Crippen LogP contribution in [0.3, 0.4) is 0 Å². The Kier molecular flexibility index (Phi) is 6.01. The number of aromatic nitrogens is 1. The van der Waals surface area contributed by atoms with E-state index in [1.807, 2.05) is 0 Å². The van der Waals surface area contributed by atoms with Crippen LogP contribution in [0.25, 0.3) is 0 Å². The third kappa shape index (κ3) is 5.20. The molecule has 0 atom stereocenters. The summed E-state index contributed by atoms with van der Waals surface area (Å²) in [6.45, 7) is 1.02. The van der Waals surface area contributed by atoms with E-state index < -0.39 is 28.2 Å². The molecule has 1 aliphatic heterocycles. The summed E-state index contributed by atoms with van der Waals surface area (Å²) in [5.41, 5.74) is -4.06. The standard InChI is InChI=1S/C17H14ClF3N2O3S/c18-12-7-10(8-13-14(12)26-6-2-5-25-13)9-23-15(24)11-3-1-4-22-16(11)27-17(19,20)21/h1,3-4,7-8H,2,5-6,9H2,(H,23,24). The quantitative estimate of drug-likeness (QED) is 0.744. The van der Waals surface area contributed by atoms with Gasteiger partial charge in [0.1, 0.15) is 5.03 Å². The molecule has 5 nitrogen and oxygen atoms in total. The first kappa shape index (κ1) is 19.6. The van der Waals surface area contributed by atoms with Gasteiger partial charge in [-0.1, -0.05) is 11.6 Å². The lowest BCUT2D eigenvalue weighted by molar-refractivity contribution is -0.0329. The zero-order valence-electron chi connectivity index (χ0n) is 13.8. The van der Waals surface area contributed by atoms with E-state index in [4.69, 9.17) is 21.1 Å². The van der Waals surface area contributed by atoms with Gasteiger partial charge in [-0.2, -0.15) is 13.2 Å². The maximum atomic E-state index is 12.6. The van der Waals surface area contributed by atoms with Crippen LogP contribution in [0.5, 0.6) is 11.5 Å². The van der Waals surface area contributed by atoms with Crippen molar-refractivity contribution in [2.24, 2.45) is 0 Å². The van der Waals surface area contributed by atoms with E-state index in [1.165, 1.54) is 18.3 Å². The minimum Gasteiger partial charge on any atom is -0.489 e. The van der Waals surface area contributed by atoms with Crippen LogP contribution in [-0.2, 0) is 6.54 Å². The smallest absolute Gasteiger partial charge is 0.447 e. The predicted molar refractivity (Wildman–Crippen MR) is 94.4 cm³/mol. The van der Waals surface area contributed by atoms with Crippen LogP contribution in [-0.4, -0.2) is 29.6 Å². The molecule has 27 heavy (non-hydrogen) atoms. The number of amides is 1. The number of nitrogens with zero attached hydrogens (tertiary/aromatic N) is 1. The fraction of sp³-hybridized carbons (Fsp3) is 0.294. The first-order chi connectivity index (χ1) is 12.8. The Balaban J connectivity index is 1.73. The zero-order chi connectivity index (χ0) is 19.4. The van der Waals surface area contributed by atoms with Crippen molar-refractivity contribution >= 4 is 29.3 Å². The highest BCUT2D eigenvalue weighted by Crippen LogP contribution is 2.38. The molecule has 10 heteroatoms. The summed E-state index contributed by atoms with van der Waals surface area (Å²) in [5.74, 6) is 0.248. The van der Waals surface area contributed by atoms with Crippen LogP contribution >= 0.6 is 23.4 Å². The molecule has 0 radical (unpaired) electrons. The lowest BCUT2D eigenvalue weighted by Gasteiger charge is -2.13. The number of carbonyl (C=O) groups excluding carboxylic acids is 1. The van der Waals surface area contributed by atoms with Crippen molar-refractivity contribution in [3.05, 3.63) is 46.6 Å². The average Bonchev–Trinajstić information content (AvgIpc) is 2.84. The summed E-state index contributed by atoms with van der Waals surface area (Å²) < 4.78 is 49.0. The van der Waals surface area contributed by atoms with Crippen molar-refractivity contribution in [3.63, 3.8) is 0 Å². The first-order valence-electron chi connectivity index (χ1n) is 7.90. The fourth-order valence-electron chi connectivity index (χ4n) is 2.42. The Morgan fingerprint density at radius 2 is 2.07 bits per heavy atom. The van der Waals surface area contributed by atoms with Crippen molar-refractivity contribution in [2.45, 2.75) is 23.5 Å². The molecule has 2 aromatic rings. The summed E-state index contributed by atoms with van der Waals surface area (Å²) in [6.07, 6.45) is 1.92. The van der Waals surface area contributed by atoms with Crippen molar-refractivity contribution in [1.29, 1.82) is 0 Å². The van der Waals surface area contributed by atoms with Gasteiger partial charge in [-0.3, -0.25) is 4.79 Å². The summed E-state index contributed by atoms with van der Waals surface area (Å²) in [5, 5.41) is 2.51. The first-order valence-corrected chi connectivity index (χ1v) is 9.10. The Labute approximate surface area is 162 Å². The van der Waals surface area contributed by atoms with Gasteiger partial charge >= 0.3 is 5.51 Å². The molecule has 0 spiro atoms. The predicted octanol–water partition coefficient (Wildman–Crippen LogP) is 4.44. The number of halogens is 4. The van der Waals surface area contributed by atoms with Gasteiger partial charge in [0.05, 0.1) is 23.8 Å². The number of nitrogens with one attached hydrogen (secondary N) is 1. The Hall–Kier alpha value is -2.13. The third-order valence-corrected chi connectivity index (χ3v) is 4.57. The molecule has 0 aliphatic carbocycles. The van der Waals surface area contributed by atoms with E-state index in [9.17, 15) is 18.0 Å². The molecule has 0 fully saturated rings. The van der Waals surface area contributed by atoms with E-state index in [2.05, 4.69) is 10.3 Å². The molecule has 2 heterocycles. The molecule has 1 N–H and O–H groups in total. The SMILES string of the molecule is O=C(NCc1cc(Cl)c2c(c1)OCCCO2)c1cccnc1SC(F)(F)F. The summed E-state index contributed by atoms with van der Waals surface area (Å²) in [4.78, 5) is 16.0. The van der Waals surface area contributed by atoms with Crippen molar-refractivity contribution in [3.8, 4) is 11.5 Å². The van der Waals surface area contributed by atoms with Crippen LogP contribution < -0.4 is 14.8 Å². The van der Waals surface area contributed by atoms with Gasteiger partial charge in [0, 0.05) is 30.9 Å². The van der Waals surface area contributed by atoms with Gasteiger partial charge in [0.25, 0.3) is 5.91 Å². The zero-order valence-corrected chi connectivity index (χ0v) is 15.4. The minimum absolute atomic E-state index is 0.0558. The van der Waals surface area contributed by atoms with Gasteiger partial charge in [-0.25, -0.2) is 4.98 Å². The number of fused-ring (bicyclic) bond motifs is 1. The van der Waals surface area contributed by atoms with Gasteiger partial charge in [0.15, 0.2) is 11.5 Å². The molecule has 1 aliphatic rings. The maximum absolute atomic E-state index is 12.6. The lowest BCUT2D eigenvalue weighted by atomic mass is 10.2. The number of hydrogen-bond donors (Lipinski definition) is 1. The van der Waals surface area contributed by atoms with Crippen LogP contribution in [0.1, 0.15) is 22.3 Å². The number of rotatable bonds is 4. The second-order valence-electron chi connectivity index (χ2n) is 5.54. The number of hydrogen-bond acceptors (Lipinski definition) is 5. The molecule has 3 rings (SSSR count). The highest BCUT2D eigenvalue weighted by atomic mass is 35.5. The molecular formula is C17H14ClF3N2O3S. The number of ether oxygens (including phenoxy) is 2. The summed E-state index contributed by atoms with van der Waals surface area (Å²) in [6, 6.07) is 5.99. The summed E-state index contributed by atoms with van der Waals surface area (Å²) >= 11 is 5.77. The van der Waals surface area contributed by atoms with E-state index in [1.54, 1.807) is 12.1 Å². The Bertz CT molecular complexity index is 849. The van der Waals surface area contributed by atoms with Gasteiger partial charge in [0.2, 0.25) is 0 Å². The van der Waals surface area contributed by atoms with Crippen LogP contribution in [0.2, 0.25) is 5.02 Å². The molecule has 0 saturated heterocycles. The highest BCUT2D eigenvalue weighted by Gasteiger charge is 2.32. The molecule has 144 valence electrons. The third-order valence-electron chi connectivity index (χ3n) is 3.54. The van der Waals surface area contributed by atoms with Gasteiger partial charge < -0.3 is 14.8 Å². The molecule has 1 aromatic carbocycles. The molecule has 0 unspecified atom stereocenters. The molecule has 0 saturated carbocycles. The second-order valence-corrected chi connectivity index (χ2v) is 7.00. The fourth-order valence-corrected chi connectivity index (χ4v) is 3.31. The summed E-state index contributed by atoms with van der Waals surface area (Å²) in [7, 11) is 0. The number of carbonyl (C=O) groups is 1. The Morgan fingerprint density at radius 3 is 2.85 bits per heavy atom. The van der Waals surface area contributed by atoms with Crippen molar-refractivity contribution in [2.75, 3.05) is 13.2 Å². The number of thioether (sulfide) groups is 1. The van der Waals surface area contributed by atoms with Crippen molar-refractivity contribution < 1.29 is 27.4 Å². The highest BCUT2D eigenvalue weighted by molar-refractivity contribution is 8.00. The number of pyridine rings is 1. The molecule has 1 aromatic heterocycles. The number of benzene rings is 1. The van der Waals surface area contributed by atoms with Gasteiger partial charge in [-0.15, -0.1) is 0 Å². The Morgan fingerprint density at radius 1 is 1.30 bits per heavy atom. The molecule has 1 amide bonds. The van der Waals surface area contributed by atoms with E-state index in [-0.39, 0.29) is 12.1 Å². The topological polar surface area (TPSA) is 60.5 Å². The lowest BCUT2D eigenvalue weighted by Crippen LogP contribution is -2.24. The largest absolute Gasteiger partial charge is 0.489 e. The minimum atomic E-state index is -4.54. The van der Waals surface area contributed by atoms with E-state index in [0.717, 1.165) is 6.42 Å². The normalized spacial score (nSPS) is 13.8. The van der Waals surface area contributed by atoms with E-state index in [0.29, 0.717) is 35.3 Å². The number of alkyl halides is 3. The van der Waals surface area contributed by atoms with E-state index >= 15 is 0 Å². The van der Waals surface area contributed by atoms with Crippen molar-refractivity contribution in [1.82, 2.24) is 10.3 Å². The van der Waals surface area contributed by atoms with Crippen LogP contribution in [0.4, 0.5) is 13.2 Å². The van der Waals surface area contributed by atoms with Crippen LogP contribution in [0.15, 0.2) is 35.5 Å². The van der Waals surface area contributed by atoms with Crippen LogP contribution in [0, 0.1) is 0 Å². The molecule has 0 bridgehead atoms. The second kappa shape index (κ2) is 8.26. The van der Waals surface area contributed by atoms with Gasteiger partial charge in [-0.05, 0) is 29.8 Å². The molecular weight excluding hydrogens is 405 g/mol. The maximum Gasteiger partial charge on any atom is 0.447 e.